The number of nitrogens with two attached hydrogens (primary N) is 1. The quantitative estimate of drug-likeness (QED) is 0.778. The molecule has 1 aromatic carbocycles. The van der Waals surface area contributed by atoms with Crippen LogP contribution in [0.5, 0.6) is 0 Å². The van der Waals surface area contributed by atoms with Crippen LogP contribution in [-0.4, -0.2) is 60.1 Å². The molecule has 0 saturated carbocycles. The van der Waals surface area contributed by atoms with E-state index in [1.54, 1.807) is 6.07 Å². The largest absolute Gasteiger partial charge is 0.395 e. The number of hydrogen-bond acceptors (Lipinski definition) is 4. The summed E-state index contributed by atoms with van der Waals surface area (Å²) < 4.78 is 0. The molecule has 0 bridgehead atoms. The first-order valence-corrected chi connectivity index (χ1v) is 6.64. The number of β-amino-alcohol motifs (C(OH)–C–C–N with tert-alkyl or cyclic N) is 1. The van der Waals surface area contributed by atoms with Crippen LogP contribution in [0.15, 0.2) is 24.3 Å². The third-order valence-electron chi connectivity index (χ3n) is 3.56. The predicted molar refractivity (Wildman–Crippen MR) is 73.8 cm³/mol. The summed E-state index contributed by atoms with van der Waals surface area (Å²) in [5.41, 5.74) is 6.99. The van der Waals surface area contributed by atoms with Crippen LogP contribution in [0.3, 0.4) is 0 Å². The number of primary amides is 1. The van der Waals surface area contributed by atoms with Gasteiger partial charge in [0, 0.05) is 44.8 Å². The molecular weight excluding hydrogens is 242 g/mol. The minimum Gasteiger partial charge on any atom is -0.395 e. The number of rotatable bonds is 5. The fourth-order valence-corrected chi connectivity index (χ4v) is 2.45. The third-order valence-corrected chi connectivity index (χ3v) is 3.56. The highest BCUT2D eigenvalue weighted by molar-refractivity contribution is 5.94. The number of aliphatic hydroxyl groups excluding tert-OH is 1. The summed E-state index contributed by atoms with van der Waals surface area (Å²) in [7, 11) is 0. The van der Waals surface area contributed by atoms with Crippen LogP contribution < -0.4 is 5.73 Å². The molecule has 5 heteroatoms. The number of hydrogen-bond donors (Lipinski definition) is 2. The van der Waals surface area contributed by atoms with E-state index >= 15 is 0 Å². The van der Waals surface area contributed by atoms with Crippen molar-refractivity contribution < 1.29 is 9.90 Å². The molecule has 1 aromatic rings. The molecule has 0 radical (unpaired) electrons. The van der Waals surface area contributed by atoms with Gasteiger partial charge >= 0.3 is 0 Å². The predicted octanol–water partition coefficient (Wildman–Crippen LogP) is -0.105. The Morgan fingerprint density at radius 1 is 1.16 bits per heavy atom. The highest BCUT2D eigenvalue weighted by atomic mass is 16.3. The molecule has 0 unspecified atom stereocenters. The number of amides is 1. The first kappa shape index (κ1) is 14.0. The van der Waals surface area contributed by atoms with Gasteiger partial charge in [-0.2, -0.15) is 0 Å². The standard InChI is InChI=1S/C14H21N3O2/c15-14(19)13-4-2-1-3-12(13)11-17-7-5-16(6-8-17)9-10-18/h1-4,18H,5-11H2,(H2,15,19). The van der Waals surface area contributed by atoms with Gasteiger partial charge in [-0.25, -0.2) is 0 Å². The summed E-state index contributed by atoms with van der Waals surface area (Å²) in [6.45, 7) is 5.53. The van der Waals surface area contributed by atoms with Gasteiger partial charge in [-0.05, 0) is 11.6 Å². The van der Waals surface area contributed by atoms with Gasteiger partial charge in [0.15, 0.2) is 0 Å². The van der Waals surface area contributed by atoms with Gasteiger partial charge in [-0.1, -0.05) is 18.2 Å². The topological polar surface area (TPSA) is 69.8 Å². The molecule has 0 aromatic heterocycles. The number of nitrogens with zero attached hydrogens (tertiary/aromatic N) is 2. The molecule has 1 fully saturated rings. The molecule has 1 aliphatic heterocycles. The molecule has 0 spiro atoms. The number of benzene rings is 1. The van der Waals surface area contributed by atoms with E-state index in [1.807, 2.05) is 18.2 Å². The van der Waals surface area contributed by atoms with Gasteiger partial charge < -0.3 is 10.8 Å². The van der Waals surface area contributed by atoms with Crippen molar-refractivity contribution in [3.63, 3.8) is 0 Å². The summed E-state index contributed by atoms with van der Waals surface area (Å²) >= 11 is 0. The van der Waals surface area contributed by atoms with Crippen molar-refractivity contribution in [3.8, 4) is 0 Å². The summed E-state index contributed by atoms with van der Waals surface area (Å²) in [5, 5.41) is 8.91. The lowest BCUT2D eigenvalue weighted by atomic mass is 10.1. The van der Waals surface area contributed by atoms with Crippen LogP contribution in [0.4, 0.5) is 0 Å². The molecule has 19 heavy (non-hydrogen) atoms. The van der Waals surface area contributed by atoms with Crippen molar-refractivity contribution in [2.45, 2.75) is 6.54 Å². The fraction of sp³-hybridized carbons (Fsp3) is 0.500. The average Bonchev–Trinajstić information content (AvgIpc) is 2.42. The van der Waals surface area contributed by atoms with Gasteiger partial charge in [0.05, 0.1) is 6.61 Å². The zero-order chi connectivity index (χ0) is 13.7. The van der Waals surface area contributed by atoms with Crippen molar-refractivity contribution in [1.82, 2.24) is 9.80 Å². The minimum absolute atomic E-state index is 0.213. The summed E-state index contributed by atoms with van der Waals surface area (Å²) in [6, 6.07) is 7.51. The molecule has 1 amide bonds. The van der Waals surface area contributed by atoms with Gasteiger partial charge in [0.25, 0.3) is 0 Å². The van der Waals surface area contributed by atoms with Crippen LogP contribution >= 0.6 is 0 Å². The van der Waals surface area contributed by atoms with Crippen molar-refractivity contribution in [3.05, 3.63) is 35.4 Å². The van der Waals surface area contributed by atoms with Gasteiger partial charge in [-0.15, -0.1) is 0 Å². The Hall–Kier alpha value is -1.43. The fourth-order valence-electron chi connectivity index (χ4n) is 2.45. The van der Waals surface area contributed by atoms with Crippen molar-refractivity contribution in [2.24, 2.45) is 5.73 Å². The Bertz CT molecular complexity index is 428. The Labute approximate surface area is 113 Å². The highest BCUT2D eigenvalue weighted by Gasteiger charge is 2.18. The Morgan fingerprint density at radius 3 is 2.42 bits per heavy atom. The Morgan fingerprint density at radius 2 is 1.79 bits per heavy atom. The third kappa shape index (κ3) is 3.76. The van der Waals surface area contributed by atoms with Gasteiger partial charge in [-0.3, -0.25) is 14.6 Å². The SMILES string of the molecule is NC(=O)c1ccccc1CN1CCN(CCO)CC1. The van der Waals surface area contributed by atoms with E-state index in [1.165, 1.54) is 0 Å². The van der Waals surface area contributed by atoms with E-state index in [0.29, 0.717) is 5.56 Å². The zero-order valence-electron chi connectivity index (χ0n) is 11.1. The first-order chi connectivity index (χ1) is 9.20. The zero-order valence-corrected chi connectivity index (χ0v) is 11.1. The van der Waals surface area contributed by atoms with E-state index < -0.39 is 0 Å². The van der Waals surface area contributed by atoms with Crippen molar-refractivity contribution in [1.29, 1.82) is 0 Å². The summed E-state index contributed by atoms with van der Waals surface area (Å²) in [6.07, 6.45) is 0. The number of piperazine rings is 1. The molecular formula is C14H21N3O2. The average molecular weight is 263 g/mol. The summed E-state index contributed by atoms with van der Waals surface area (Å²) in [5.74, 6) is -0.366. The van der Waals surface area contributed by atoms with E-state index in [-0.39, 0.29) is 12.5 Å². The van der Waals surface area contributed by atoms with Crippen LogP contribution in [0.2, 0.25) is 0 Å². The second-order valence-electron chi connectivity index (χ2n) is 4.86. The molecule has 0 atom stereocenters. The van der Waals surface area contributed by atoms with Crippen molar-refractivity contribution >= 4 is 5.91 Å². The van der Waals surface area contributed by atoms with Crippen LogP contribution in [0, 0.1) is 0 Å². The molecule has 1 heterocycles. The lowest BCUT2D eigenvalue weighted by molar-refractivity contribution is 0.0988. The lowest BCUT2D eigenvalue weighted by Crippen LogP contribution is -2.46. The highest BCUT2D eigenvalue weighted by Crippen LogP contribution is 2.13. The molecule has 2 rings (SSSR count). The summed E-state index contributed by atoms with van der Waals surface area (Å²) in [4.78, 5) is 15.9. The van der Waals surface area contributed by atoms with Crippen LogP contribution in [0.1, 0.15) is 15.9 Å². The van der Waals surface area contributed by atoms with Crippen LogP contribution in [-0.2, 0) is 6.54 Å². The Kier molecular flexibility index (Phi) is 4.90. The maximum Gasteiger partial charge on any atom is 0.249 e. The number of aliphatic hydroxyl groups is 1. The van der Waals surface area contributed by atoms with E-state index in [9.17, 15) is 4.79 Å². The van der Waals surface area contributed by atoms with Crippen molar-refractivity contribution in [2.75, 3.05) is 39.3 Å². The van der Waals surface area contributed by atoms with Crippen LogP contribution in [0.25, 0.3) is 0 Å². The lowest BCUT2D eigenvalue weighted by Gasteiger charge is -2.34. The molecule has 3 N–H and O–H groups in total. The van der Waals surface area contributed by atoms with E-state index in [0.717, 1.165) is 44.8 Å². The maximum atomic E-state index is 11.4. The second kappa shape index (κ2) is 6.65. The Balaban J connectivity index is 1.94. The van der Waals surface area contributed by atoms with E-state index in [2.05, 4.69) is 9.80 Å². The second-order valence-corrected chi connectivity index (χ2v) is 4.86. The number of carbonyl (C=O) groups excluding carboxylic acids is 1. The smallest absolute Gasteiger partial charge is 0.249 e. The first-order valence-electron chi connectivity index (χ1n) is 6.64. The maximum absolute atomic E-state index is 11.4. The number of carbonyl (C=O) groups is 1. The molecule has 104 valence electrons. The molecule has 1 saturated heterocycles. The van der Waals surface area contributed by atoms with E-state index in [4.69, 9.17) is 10.8 Å². The van der Waals surface area contributed by atoms with Gasteiger partial charge in [0.2, 0.25) is 5.91 Å². The normalized spacial score (nSPS) is 17.5. The molecule has 1 aliphatic rings. The van der Waals surface area contributed by atoms with Gasteiger partial charge in [0.1, 0.15) is 0 Å². The molecule has 5 nitrogen and oxygen atoms in total. The monoisotopic (exact) mass is 263 g/mol. The minimum atomic E-state index is -0.366. The molecule has 0 aliphatic carbocycles.